The van der Waals surface area contributed by atoms with Crippen molar-refractivity contribution in [2.24, 2.45) is 5.73 Å². The predicted molar refractivity (Wildman–Crippen MR) is 120 cm³/mol. The third kappa shape index (κ3) is 18.3. The summed E-state index contributed by atoms with van der Waals surface area (Å²) < 4.78 is 0. The molecule has 0 aromatic rings. The quantitative estimate of drug-likeness (QED) is 0.229. The lowest BCUT2D eigenvalue weighted by Crippen LogP contribution is -2.33. The number of carbonyl (C=O) groups is 2. The van der Waals surface area contributed by atoms with Crippen LogP contribution in [0.2, 0.25) is 0 Å². The van der Waals surface area contributed by atoms with Crippen molar-refractivity contribution in [1.82, 2.24) is 4.90 Å². The molecular weight excluding hydrogens is 348 g/mol. The summed E-state index contributed by atoms with van der Waals surface area (Å²) in [5, 5.41) is 0. The normalized spacial score (nSPS) is 10.9. The second-order valence-electron chi connectivity index (χ2n) is 8.30. The highest BCUT2D eigenvalue weighted by Gasteiger charge is 2.13. The number of amides is 2. The van der Waals surface area contributed by atoms with Crippen LogP contribution in [0.15, 0.2) is 0 Å². The number of nitrogens with two attached hydrogens (primary N) is 1. The lowest BCUT2D eigenvalue weighted by molar-refractivity contribution is -0.133. The molecule has 4 nitrogen and oxygen atoms in total. The zero-order valence-electron chi connectivity index (χ0n) is 19.0. The van der Waals surface area contributed by atoms with E-state index in [0.29, 0.717) is 0 Å². The van der Waals surface area contributed by atoms with Crippen molar-refractivity contribution in [3.63, 3.8) is 0 Å². The van der Waals surface area contributed by atoms with Crippen LogP contribution >= 0.6 is 0 Å². The van der Waals surface area contributed by atoms with Gasteiger partial charge in [-0.1, -0.05) is 104 Å². The van der Waals surface area contributed by atoms with Gasteiger partial charge in [-0.25, -0.2) is 0 Å². The SMILES string of the molecule is CCCCCCCCCCCN(CCCCCCCCC)C(=O)CCC(N)=O. The van der Waals surface area contributed by atoms with Gasteiger partial charge in [0.2, 0.25) is 11.8 Å². The number of primary amides is 1. The van der Waals surface area contributed by atoms with E-state index in [-0.39, 0.29) is 24.7 Å². The third-order valence-corrected chi connectivity index (χ3v) is 5.50. The first kappa shape index (κ1) is 26.9. The fraction of sp³-hybridized carbons (Fsp3) is 0.917. The second-order valence-corrected chi connectivity index (χ2v) is 8.30. The maximum atomic E-state index is 12.4. The molecule has 0 rings (SSSR count). The summed E-state index contributed by atoms with van der Waals surface area (Å²) in [6, 6.07) is 0. The molecule has 0 aliphatic heterocycles. The van der Waals surface area contributed by atoms with Crippen LogP contribution in [0.3, 0.4) is 0 Å². The Morgan fingerprint density at radius 1 is 0.571 bits per heavy atom. The fourth-order valence-corrected chi connectivity index (χ4v) is 3.62. The molecular formula is C24H48N2O2. The van der Waals surface area contributed by atoms with E-state index in [1.807, 2.05) is 4.90 Å². The number of hydrogen-bond acceptors (Lipinski definition) is 2. The highest BCUT2D eigenvalue weighted by Crippen LogP contribution is 2.12. The van der Waals surface area contributed by atoms with Crippen LogP contribution in [0, 0.1) is 0 Å². The van der Waals surface area contributed by atoms with Crippen LogP contribution in [0.4, 0.5) is 0 Å². The molecule has 28 heavy (non-hydrogen) atoms. The summed E-state index contributed by atoms with van der Waals surface area (Å²) in [5.74, 6) is -0.281. The van der Waals surface area contributed by atoms with Crippen LogP contribution in [0.1, 0.15) is 129 Å². The second kappa shape index (κ2) is 20.7. The van der Waals surface area contributed by atoms with Crippen molar-refractivity contribution in [3.8, 4) is 0 Å². The first-order valence-electron chi connectivity index (χ1n) is 12.2. The Morgan fingerprint density at radius 2 is 0.929 bits per heavy atom. The molecule has 166 valence electrons. The van der Waals surface area contributed by atoms with Crippen molar-refractivity contribution in [1.29, 1.82) is 0 Å². The maximum absolute atomic E-state index is 12.4. The van der Waals surface area contributed by atoms with Gasteiger partial charge in [-0.05, 0) is 12.8 Å². The van der Waals surface area contributed by atoms with Gasteiger partial charge in [0.15, 0.2) is 0 Å². The van der Waals surface area contributed by atoms with Crippen molar-refractivity contribution in [2.75, 3.05) is 13.1 Å². The Balaban J connectivity index is 3.96. The molecule has 0 saturated carbocycles. The highest BCUT2D eigenvalue weighted by molar-refractivity contribution is 5.82. The zero-order chi connectivity index (χ0) is 20.9. The van der Waals surface area contributed by atoms with Gasteiger partial charge in [0.05, 0.1) is 0 Å². The van der Waals surface area contributed by atoms with Gasteiger partial charge < -0.3 is 10.6 Å². The van der Waals surface area contributed by atoms with Gasteiger partial charge in [0.1, 0.15) is 0 Å². The van der Waals surface area contributed by atoms with E-state index in [2.05, 4.69) is 13.8 Å². The van der Waals surface area contributed by atoms with Crippen molar-refractivity contribution in [2.45, 2.75) is 129 Å². The molecule has 2 N–H and O–H groups in total. The summed E-state index contributed by atoms with van der Waals surface area (Å²) in [7, 11) is 0. The molecule has 0 heterocycles. The van der Waals surface area contributed by atoms with Crippen LogP contribution < -0.4 is 5.73 Å². The predicted octanol–water partition coefficient (Wildman–Crippen LogP) is 6.36. The topological polar surface area (TPSA) is 63.4 Å². The molecule has 4 heteroatoms. The summed E-state index contributed by atoms with van der Waals surface area (Å²) in [6.07, 6.45) is 20.8. The van der Waals surface area contributed by atoms with Gasteiger partial charge >= 0.3 is 0 Å². The summed E-state index contributed by atoms with van der Waals surface area (Å²) in [4.78, 5) is 25.4. The van der Waals surface area contributed by atoms with E-state index in [1.54, 1.807) is 0 Å². The number of nitrogens with zero attached hydrogens (tertiary/aromatic N) is 1. The van der Waals surface area contributed by atoms with Gasteiger partial charge in [0, 0.05) is 25.9 Å². The summed E-state index contributed by atoms with van der Waals surface area (Å²) >= 11 is 0. The van der Waals surface area contributed by atoms with Crippen molar-refractivity contribution in [3.05, 3.63) is 0 Å². The van der Waals surface area contributed by atoms with Gasteiger partial charge in [-0.2, -0.15) is 0 Å². The molecule has 2 amide bonds. The number of rotatable bonds is 21. The molecule has 0 bridgehead atoms. The molecule has 0 aromatic heterocycles. The number of unbranched alkanes of at least 4 members (excludes halogenated alkanes) is 14. The highest BCUT2D eigenvalue weighted by atomic mass is 16.2. The van der Waals surface area contributed by atoms with Gasteiger partial charge in [-0.3, -0.25) is 9.59 Å². The van der Waals surface area contributed by atoms with E-state index in [4.69, 9.17) is 5.73 Å². The molecule has 0 spiro atoms. The van der Waals surface area contributed by atoms with Crippen molar-refractivity contribution >= 4 is 11.8 Å². The van der Waals surface area contributed by atoms with E-state index in [0.717, 1.165) is 25.9 Å². The summed E-state index contributed by atoms with van der Waals surface area (Å²) in [5.41, 5.74) is 5.21. The van der Waals surface area contributed by atoms with E-state index >= 15 is 0 Å². The average molecular weight is 397 g/mol. The van der Waals surface area contributed by atoms with E-state index < -0.39 is 0 Å². The van der Waals surface area contributed by atoms with Crippen LogP contribution in [0.5, 0.6) is 0 Å². The Bertz CT molecular complexity index is 372. The molecule has 0 atom stereocenters. The van der Waals surface area contributed by atoms with E-state index in [9.17, 15) is 9.59 Å². The molecule has 0 unspecified atom stereocenters. The first-order chi connectivity index (χ1) is 13.6. The van der Waals surface area contributed by atoms with Crippen LogP contribution in [-0.4, -0.2) is 29.8 Å². The average Bonchev–Trinajstić information content (AvgIpc) is 2.68. The minimum Gasteiger partial charge on any atom is -0.370 e. The molecule has 0 aliphatic carbocycles. The lowest BCUT2D eigenvalue weighted by atomic mass is 10.1. The molecule has 0 aliphatic rings. The minimum atomic E-state index is -0.382. The zero-order valence-corrected chi connectivity index (χ0v) is 19.0. The third-order valence-electron chi connectivity index (χ3n) is 5.50. The Labute approximate surface area is 175 Å². The standard InChI is InChI=1S/C24H48N2O2/c1-3-5-7-9-11-12-14-16-18-22-26(24(28)20-19-23(25)27)21-17-15-13-10-8-6-4-2/h3-22H2,1-2H3,(H2,25,27). The first-order valence-corrected chi connectivity index (χ1v) is 12.2. The van der Waals surface area contributed by atoms with Crippen LogP contribution in [0.25, 0.3) is 0 Å². The Morgan fingerprint density at radius 3 is 1.29 bits per heavy atom. The molecule has 0 saturated heterocycles. The monoisotopic (exact) mass is 396 g/mol. The van der Waals surface area contributed by atoms with Crippen molar-refractivity contribution < 1.29 is 9.59 Å². The molecule has 0 aromatic carbocycles. The van der Waals surface area contributed by atoms with Gasteiger partial charge in [-0.15, -0.1) is 0 Å². The Hall–Kier alpha value is -1.06. The smallest absolute Gasteiger partial charge is 0.223 e. The maximum Gasteiger partial charge on any atom is 0.223 e. The molecule has 0 fully saturated rings. The minimum absolute atomic E-state index is 0.101. The molecule has 0 radical (unpaired) electrons. The lowest BCUT2D eigenvalue weighted by Gasteiger charge is -2.23. The number of hydrogen-bond donors (Lipinski definition) is 1. The number of carbonyl (C=O) groups excluding carboxylic acids is 2. The summed E-state index contributed by atoms with van der Waals surface area (Å²) in [6.45, 7) is 6.16. The van der Waals surface area contributed by atoms with Gasteiger partial charge in [0.25, 0.3) is 0 Å². The van der Waals surface area contributed by atoms with Crippen LogP contribution in [-0.2, 0) is 9.59 Å². The largest absolute Gasteiger partial charge is 0.370 e. The Kier molecular flexibility index (Phi) is 19.9. The van der Waals surface area contributed by atoms with E-state index in [1.165, 1.54) is 89.9 Å². The fourth-order valence-electron chi connectivity index (χ4n) is 3.62.